The maximum Gasteiger partial charge on any atom is 0.345 e. The lowest BCUT2D eigenvalue weighted by Crippen LogP contribution is -1.89. The summed E-state index contributed by atoms with van der Waals surface area (Å²) in [6.07, 6.45) is 0. The Balaban J connectivity index is 0.000000810. The van der Waals surface area contributed by atoms with Crippen molar-refractivity contribution in [3.05, 3.63) is 21.3 Å². The van der Waals surface area contributed by atoms with Crippen LogP contribution in [0.5, 0.6) is 0 Å². The molecule has 0 bridgehead atoms. The van der Waals surface area contributed by atoms with Crippen LogP contribution in [0.4, 0.5) is 0 Å². The van der Waals surface area contributed by atoms with Gasteiger partial charge in [-0.1, -0.05) is 11.6 Å². The first-order valence-corrected chi connectivity index (χ1v) is 3.38. The quantitative estimate of drug-likeness (QED) is 0.754. The van der Waals surface area contributed by atoms with E-state index in [1.165, 1.54) is 6.07 Å². The molecular weight excluding hydrogens is 195 g/mol. The van der Waals surface area contributed by atoms with Gasteiger partial charge < -0.3 is 5.11 Å². The van der Waals surface area contributed by atoms with Crippen LogP contribution in [0.3, 0.4) is 0 Å². The van der Waals surface area contributed by atoms with E-state index in [0.29, 0.717) is 4.34 Å². The third kappa shape index (κ3) is 2.17. The first kappa shape index (κ1) is 9.75. The molecule has 2 nitrogen and oxygen atoms in total. The van der Waals surface area contributed by atoms with E-state index in [0.717, 1.165) is 11.3 Å². The van der Waals surface area contributed by atoms with E-state index in [1.807, 2.05) is 0 Å². The average Bonchev–Trinajstić information content (AvgIpc) is 2.14. The first-order chi connectivity index (χ1) is 4.20. The predicted octanol–water partition coefficient (Wildman–Crippen LogP) is 2.52. The third-order valence-corrected chi connectivity index (χ3v) is 2.00. The van der Waals surface area contributed by atoms with E-state index in [4.69, 9.17) is 16.7 Å². The van der Waals surface area contributed by atoms with Gasteiger partial charge in [-0.2, -0.15) is 0 Å². The van der Waals surface area contributed by atoms with Crippen molar-refractivity contribution in [2.75, 3.05) is 0 Å². The molecule has 0 spiro atoms. The molecule has 0 amide bonds. The van der Waals surface area contributed by atoms with E-state index >= 15 is 0 Å². The van der Waals surface area contributed by atoms with Crippen molar-refractivity contribution in [1.82, 2.24) is 0 Å². The normalized spacial score (nSPS) is 8.50. The topological polar surface area (TPSA) is 37.3 Å². The zero-order chi connectivity index (χ0) is 6.85. The van der Waals surface area contributed by atoms with E-state index < -0.39 is 5.97 Å². The second kappa shape index (κ2) is 3.81. The molecule has 1 aromatic rings. The Hall–Kier alpha value is -0.250. The fraction of sp³-hybridized carbons (Fsp3) is 0. The van der Waals surface area contributed by atoms with E-state index in [2.05, 4.69) is 0 Å². The standard InChI is InChI=1S/C5H3ClO2S.ClH/c6-4-2-1-3(9-4)5(7)8;/h1-2H,(H,7,8);1H. The van der Waals surface area contributed by atoms with Crippen molar-refractivity contribution < 1.29 is 9.90 Å². The minimum atomic E-state index is -0.924. The van der Waals surface area contributed by atoms with E-state index in [-0.39, 0.29) is 17.3 Å². The molecule has 1 aromatic heterocycles. The molecule has 0 atom stereocenters. The zero-order valence-corrected chi connectivity index (χ0v) is 7.09. The fourth-order valence-corrected chi connectivity index (χ4v) is 1.31. The molecule has 0 radical (unpaired) electrons. The Morgan fingerprint density at radius 3 is 2.40 bits per heavy atom. The van der Waals surface area contributed by atoms with Gasteiger partial charge in [0.05, 0.1) is 4.34 Å². The van der Waals surface area contributed by atoms with Gasteiger partial charge in [0.25, 0.3) is 0 Å². The lowest BCUT2D eigenvalue weighted by Gasteiger charge is -1.79. The molecule has 1 heterocycles. The van der Waals surface area contributed by atoms with E-state index in [9.17, 15) is 4.79 Å². The number of carboxylic acids is 1. The van der Waals surface area contributed by atoms with Gasteiger partial charge in [-0.25, -0.2) is 4.79 Å². The highest BCUT2D eigenvalue weighted by molar-refractivity contribution is 7.17. The van der Waals surface area contributed by atoms with Crippen LogP contribution < -0.4 is 0 Å². The van der Waals surface area contributed by atoms with Crippen molar-refractivity contribution in [3.63, 3.8) is 0 Å². The number of aromatic carboxylic acids is 1. The summed E-state index contributed by atoms with van der Waals surface area (Å²) >= 11 is 6.52. The molecule has 1 N–H and O–H groups in total. The lowest BCUT2D eigenvalue weighted by molar-refractivity contribution is 0.0702. The number of carboxylic acid groups (broad SMARTS) is 1. The van der Waals surface area contributed by atoms with Crippen molar-refractivity contribution >= 4 is 41.3 Å². The van der Waals surface area contributed by atoms with Crippen molar-refractivity contribution in [1.29, 1.82) is 0 Å². The molecule has 10 heavy (non-hydrogen) atoms. The summed E-state index contributed by atoms with van der Waals surface area (Å²) in [6, 6.07) is 3.05. The molecular formula is C5H4Cl2O2S. The summed E-state index contributed by atoms with van der Waals surface area (Å²) in [5, 5.41) is 8.35. The van der Waals surface area contributed by atoms with Gasteiger partial charge in [0.2, 0.25) is 0 Å². The number of halogens is 2. The van der Waals surface area contributed by atoms with Crippen molar-refractivity contribution in [2.45, 2.75) is 0 Å². The lowest BCUT2D eigenvalue weighted by atomic mass is 10.5. The van der Waals surface area contributed by atoms with Crippen LogP contribution >= 0.6 is 35.3 Å². The summed E-state index contributed by atoms with van der Waals surface area (Å²) < 4.78 is 0.507. The van der Waals surface area contributed by atoms with E-state index in [1.54, 1.807) is 6.07 Å². The second-order valence-electron chi connectivity index (χ2n) is 1.41. The van der Waals surface area contributed by atoms with Gasteiger partial charge >= 0.3 is 5.97 Å². The summed E-state index contributed by atoms with van der Waals surface area (Å²) in [5.41, 5.74) is 0. The average molecular weight is 199 g/mol. The van der Waals surface area contributed by atoms with Crippen LogP contribution in [0.25, 0.3) is 0 Å². The Bertz CT molecular complexity index is 233. The summed E-state index contributed by atoms with van der Waals surface area (Å²) in [6.45, 7) is 0. The number of carbonyl (C=O) groups is 1. The number of hydrogen-bond acceptors (Lipinski definition) is 2. The predicted molar refractivity (Wildman–Crippen MR) is 43.5 cm³/mol. The summed E-state index contributed by atoms with van der Waals surface area (Å²) in [7, 11) is 0. The van der Waals surface area contributed by atoms with Gasteiger partial charge in [0.1, 0.15) is 4.88 Å². The largest absolute Gasteiger partial charge is 0.477 e. The monoisotopic (exact) mass is 198 g/mol. The highest BCUT2D eigenvalue weighted by atomic mass is 35.5. The molecule has 0 fully saturated rings. The van der Waals surface area contributed by atoms with Crippen LogP contribution in [-0.2, 0) is 0 Å². The van der Waals surface area contributed by atoms with Crippen molar-refractivity contribution in [2.24, 2.45) is 0 Å². The van der Waals surface area contributed by atoms with Gasteiger partial charge in [-0.15, -0.1) is 23.7 Å². The van der Waals surface area contributed by atoms with Gasteiger partial charge in [-0.05, 0) is 12.1 Å². The van der Waals surface area contributed by atoms with Crippen LogP contribution in [-0.4, -0.2) is 11.1 Å². The molecule has 1 rings (SSSR count). The van der Waals surface area contributed by atoms with Crippen LogP contribution in [0.1, 0.15) is 9.67 Å². The minimum Gasteiger partial charge on any atom is -0.477 e. The molecule has 0 unspecified atom stereocenters. The van der Waals surface area contributed by atoms with Gasteiger partial charge in [-0.3, -0.25) is 0 Å². The number of thiophene rings is 1. The summed E-state index contributed by atoms with van der Waals surface area (Å²) in [4.78, 5) is 10.4. The zero-order valence-electron chi connectivity index (χ0n) is 4.70. The molecule has 0 aliphatic carbocycles. The maximum atomic E-state index is 10.2. The molecule has 0 aliphatic heterocycles. The number of rotatable bonds is 1. The SMILES string of the molecule is Cl.O=C(O)c1ccc(Cl)s1. The Morgan fingerprint density at radius 2 is 2.20 bits per heavy atom. The smallest absolute Gasteiger partial charge is 0.345 e. The Labute approximate surface area is 72.8 Å². The molecule has 5 heteroatoms. The van der Waals surface area contributed by atoms with Crippen LogP contribution in [0.2, 0.25) is 4.34 Å². The van der Waals surface area contributed by atoms with Crippen molar-refractivity contribution in [3.8, 4) is 0 Å². The Morgan fingerprint density at radius 1 is 1.60 bits per heavy atom. The first-order valence-electron chi connectivity index (χ1n) is 2.19. The molecule has 0 saturated heterocycles. The van der Waals surface area contributed by atoms with Crippen LogP contribution in [0, 0.1) is 0 Å². The van der Waals surface area contributed by atoms with Crippen LogP contribution in [0.15, 0.2) is 12.1 Å². The Kier molecular flexibility index (Phi) is 3.71. The second-order valence-corrected chi connectivity index (χ2v) is 3.12. The summed E-state index contributed by atoms with van der Waals surface area (Å²) in [5.74, 6) is -0.924. The van der Waals surface area contributed by atoms with Gasteiger partial charge in [0.15, 0.2) is 0 Å². The highest BCUT2D eigenvalue weighted by Crippen LogP contribution is 2.20. The van der Waals surface area contributed by atoms with Gasteiger partial charge in [0, 0.05) is 0 Å². The fourth-order valence-electron chi connectivity index (χ4n) is 0.429. The highest BCUT2D eigenvalue weighted by Gasteiger charge is 2.03. The number of hydrogen-bond donors (Lipinski definition) is 1. The maximum absolute atomic E-state index is 10.2. The molecule has 0 aromatic carbocycles. The molecule has 0 aliphatic rings. The third-order valence-electron chi connectivity index (χ3n) is 0.784. The molecule has 0 saturated carbocycles. The minimum absolute atomic E-state index is 0. The molecule has 56 valence electrons.